The molecule has 1 amide bonds. The molecule has 1 saturated heterocycles. The number of pyridine rings is 1. The SMILES string of the molecule is CNc1cc(Nc2ccc(C(=O)N3CCOCC3)c3c2OCCO3)nc2c1C(C#N)=CC2. The van der Waals surface area contributed by atoms with Crippen LogP contribution >= 0.6 is 0 Å². The Labute approximate surface area is 185 Å². The van der Waals surface area contributed by atoms with Gasteiger partial charge in [-0.15, -0.1) is 0 Å². The summed E-state index contributed by atoms with van der Waals surface area (Å²) in [6, 6.07) is 7.66. The smallest absolute Gasteiger partial charge is 0.257 e. The molecule has 164 valence electrons. The highest BCUT2D eigenvalue weighted by Crippen LogP contribution is 2.43. The lowest BCUT2D eigenvalue weighted by molar-refractivity contribution is 0.0298. The van der Waals surface area contributed by atoms with Crippen LogP contribution in [0.2, 0.25) is 0 Å². The van der Waals surface area contributed by atoms with E-state index >= 15 is 0 Å². The number of aromatic nitrogens is 1. The summed E-state index contributed by atoms with van der Waals surface area (Å²) in [5.74, 6) is 1.47. The molecular weight excluding hydrogens is 410 g/mol. The Morgan fingerprint density at radius 3 is 2.66 bits per heavy atom. The Balaban J connectivity index is 1.48. The molecule has 0 atom stereocenters. The lowest BCUT2D eigenvalue weighted by Crippen LogP contribution is -2.41. The van der Waals surface area contributed by atoms with Crippen LogP contribution < -0.4 is 20.1 Å². The third-order valence-corrected chi connectivity index (χ3v) is 5.73. The number of anilines is 3. The number of hydrogen-bond acceptors (Lipinski definition) is 8. The highest BCUT2D eigenvalue weighted by molar-refractivity contribution is 5.99. The molecule has 1 aliphatic carbocycles. The van der Waals surface area contributed by atoms with E-state index in [1.807, 2.05) is 25.3 Å². The first kappa shape index (κ1) is 20.2. The third-order valence-electron chi connectivity index (χ3n) is 5.73. The molecule has 1 aromatic carbocycles. The first-order valence-corrected chi connectivity index (χ1v) is 10.6. The summed E-state index contributed by atoms with van der Waals surface area (Å²) in [6.45, 7) is 2.95. The van der Waals surface area contributed by atoms with E-state index in [0.29, 0.717) is 80.1 Å². The van der Waals surface area contributed by atoms with E-state index in [4.69, 9.17) is 19.2 Å². The molecule has 0 bridgehead atoms. The van der Waals surface area contributed by atoms with Gasteiger partial charge >= 0.3 is 0 Å². The molecule has 0 radical (unpaired) electrons. The van der Waals surface area contributed by atoms with E-state index in [-0.39, 0.29) is 5.91 Å². The zero-order chi connectivity index (χ0) is 22.1. The number of nitrogens with one attached hydrogen (secondary N) is 2. The molecule has 3 aliphatic rings. The van der Waals surface area contributed by atoms with Crippen LogP contribution in [0.15, 0.2) is 24.3 Å². The Morgan fingerprint density at radius 2 is 1.91 bits per heavy atom. The topological polar surface area (TPSA) is 109 Å². The Morgan fingerprint density at radius 1 is 1.12 bits per heavy atom. The highest BCUT2D eigenvalue weighted by Gasteiger charge is 2.28. The number of allylic oxidation sites excluding steroid dienone is 2. The van der Waals surface area contributed by atoms with E-state index < -0.39 is 0 Å². The molecule has 9 heteroatoms. The van der Waals surface area contributed by atoms with Crippen molar-refractivity contribution in [1.29, 1.82) is 5.26 Å². The summed E-state index contributed by atoms with van der Waals surface area (Å²) in [5, 5.41) is 15.8. The largest absolute Gasteiger partial charge is 0.485 e. The number of morpholine rings is 1. The summed E-state index contributed by atoms with van der Waals surface area (Å²) in [6.07, 6.45) is 2.49. The van der Waals surface area contributed by atoms with E-state index in [2.05, 4.69) is 16.7 Å². The number of ether oxygens (including phenoxy) is 3. The first-order valence-electron chi connectivity index (χ1n) is 10.6. The van der Waals surface area contributed by atoms with Gasteiger partial charge in [-0.05, 0) is 12.1 Å². The molecular formula is C23H23N5O4. The van der Waals surface area contributed by atoms with Crippen LogP contribution in [0.25, 0.3) is 5.57 Å². The fraction of sp³-hybridized carbons (Fsp3) is 0.348. The average molecular weight is 433 g/mol. The Bertz CT molecular complexity index is 1150. The van der Waals surface area contributed by atoms with Crippen molar-refractivity contribution in [2.75, 3.05) is 57.2 Å². The van der Waals surface area contributed by atoms with Crippen molar-refractivity contribution < 1.29 is 19.0 Å². The molecule has 0 saturated carbocycles. The van der Waals surface area contributed by atoms with Gasteiger partial charge in [-0.1, -0.05) is 6.08 Å². The quantitative estimate of drug-likeness (QED) is 0.757. The van der Waals surface area contributed by atoms with Crippen LogP contribution in [0.1, 0.15) is 21.6 Å². The minimum absolute atomic E-state index is 0.0927. The van der Waals surface area contributed by atoms with Gasteiger partial charge < -0.3 is 29.7 Å². The van der Waals surface area contributed by atoms with Crippen LogP contribution in [-0.4, -0.2) is 62.4 Å². The summed E-state index contributed by atoms with van der Waals surface area (Å²) in [7, 11) is 1.82. The molecule has 32 heavy (non-hydrogen) atoms. The number of rotatable bonds is 4. The molecule has 2 N–H and O–H groups in total. The summed E-state index contributed by atoms with van der Waals surface area (Å²) < 4.78 is 17.1. The lowest BCUT2D eigenvalue weighted by Gasteiger charge is -2.29. The van der Waals surface area contributed by atoms with Crippen LogP contribution in [-0.2, 0) is 11.2 Å². The van der Waals surface area contributed by atoms with Gasteiger partial charge in [0.2, 0.25) is 0 Å². The predicted octanol–water partition coefficient (Wildman–Crippen LogP) is 2.57. The number of amides is 1. The van der Waals surface area contributed by atoms with Crippen molar-refractivity contribution in [2.45, 2.75) is 6.42 Å². The second-order valence-corrected chi connectivity index (χ2v) is 7.61. The number of nitriles is 1. The molecule has 1 aromatic heterocycles. The minimum Gasteiger partial charge on any atom is -0.485 e. The number of nitrogens with zero attached hydrogens (tertiary/aromatic N) is 3. The number of carbonyl (C=O) groups is 1. The third kappa shape index (κ3) is 3.48. The maximum Gasteiger partial charge on any atom is 0.257 e. The minimum atomic E-state index is -0.0927. The number of carbonyl (C=O) groups excluding carboxylic acids is 1. The van der Waals surface area contributed by atoms with Gasteiger partial charge in [0, 0.05) is 43.9 Å². The Kier molecular flexibility index (Phi) is 5.29. The van der Waals surface area contributed by atoms with Crippen molar-refractivity contribution in [1.82, 2.24) is 9.88 Å². The molecule has 2 aliphatic heterocycles. The van der Waals surface area contributed by atoms with Gasteiger partial charge in [0.15, 0.2) is 11.5 Å². The fourth-order valence-corrected chi connectivity index (χ4v) is 4.19. The zero-order valence-electron chi connectivity index (χ0n) is 17.7. The number of fused-ring (bicyclic) bond motifs is 2. The van der Waals surface area contributed by atoms with Gasteiger partial charge in [0.1, 0.15) is 19.0 Å². The first-order chi connectivity index (χ1) is 15.7. The van der Waals surface area contributed by atoms with Gasteiger partial charge in [0.25, 0.3) is 5.91 Å². The monoisotopic (exact) mass is 433 g/mol. The van der Waals surface area contributed by atoms with Crippen molar-refractivity contribution in [2.24, 2.45) is 0 Å². The van der Waals surface area contributed by atoms with Crippen molar-refractivity contribution >= 4 is 28.7 Å². The van der Waals surface area contributed by atoms with Crippen molar-refractivity contribution in [3.8, 4) is 17.6 Å². The normalized spacial score (nSPS) is 16.6. The van der Waals surface area contributed by atoms with Gasteiger partial charge in [-0.25, -0.2) is 4.98 Å². The van der Waals surface area contributed by atoms with E-state index in [1.54, 1.807) is 11.0 Å². The summed E-state index contributed by atoms with van der Waals surface area (Å²) in [5.41, 5.74) is 4.28. The molecule has 0 unspecified atom stereocenters. The summed E-state index contributed by atoms with van der Waals surface area (Å²) >= 11 is 0. The van der Waals surface area contributed by atoms with Crippen molar-refractivity contribution in [3.05, 3.63) is 41.1 Å². The van der Waals surface area contributed by atoms with Crippen molar-refractivity contribution in [3.63, 3.8) is 0 Å². The maximum atomic E-state index is 13.1. The van der Waals surface area contributed by atoms with Crippen LogP contribution in [0, 0.1) is 11.3 Å². The fourth-order valence-electron chi connectivity index (χ4n) is 4.19. The Hall–Kier alpha value is -3.77. The second-order valence-electron chi connectivity index (χ2n) is 7.61. The number of hydrogen-bond donors (Lipinski definition) is 2. The van der Waals surface area contributed by atoms with Crippen LogP contribution in [0.4, 0.5) is 17.2 Å². The van der Waals surface area contributed by atoms with E-state index in [0.717, 1.165) is 16.9 Å². The summed E-state index contributed by atoms with van der Waals surface area (Å²) in [4.78, 5) is 19.5. The van der Waals surface area contributed by atoms with Crippen LogP contribution in [0.5, 0.6) is 11.5 Å². The van der Waals surface area contributed by atoms with Gasteiger partial charge in [0.05, 0.1) is 41.8 Å². The van der Waals surface area contributed by atoms with Gasteiger partial charge in [-0.3, -0.25) is 4.79 Å². The molecule has 0 spiro atoms. The zero-order valence-corrected chi connectivity index (χ0v) is 17.7. The number of benzene rings is 1. The second kappa shape index (κ2) is 8.40. The molecule has 3 heterocycles. The molecule has 9 nitrogen and oxygen atoms in total. The van der Waals surface area contributed by atoms with Gasteiger partial charge in [-0.2, -0.15) is 5.26 Å². The molecule has 1 fully saturated rings. The van der Waals surface area contributed by atoms with E-state index in [1.165, 1.54) is 0 Å². The predicted molar refractivity (Wildman–Crippen MR) is 119 cm³/mol. The standard InChI is InChI=1S/C23H23N5O4/c1-25-18-12-19(26-16-4-2-14(13-24)20(16)18)27-17-5-3-15(21-22(17)32-11-10-31-21)23(29)28-6-8-30-9-7-28/h2-3,5,12H,4,6-11H2,1H3,(H2,25,26,27). The highest BCUT2D eigenvalue weighted by atomic mass is 16.6. The lowest BCUT2D eigenvalue weighted by atomic mass is 10.1. The van der Waals surface area contributed by atoms with Crippen LogP contribution in [0.3, 0.4) is 0 Å². The van der Waals surface area contributed by atoms with E-state index in [9.17, 15) is 10.1 Å². The molecule has 5 rings (SSSR count). The maximum absolute atomic E-state index is 13.1. The average Bonchev–Trinajstić information content (AvgIpc) is 3.27. The molecule has 2 aromatic rings.